The van der Waals surface area contributed by atoms with Crippen LogP contribution in [0.1, 0.15) is 19.7 Å². The first-order chi connectivity index (χ1) is 8.16. The Kier molecular flexibility index (Phi) is 3.86. The Hall–Kier alpha value is -1.27. The zero-order valence-electron chi connectivity index (χ0n) is 9.66. The van der Waals surface area contributed by atoms with Crippen molar-refractivity contribution < 1.29 is 13.9 Å². The van der Waals surface area contributed by atoms with Crippen LogP contribution in [0.3, 0.4) is 0 Å². The molecule has 17 heavy (non-hydrogen) atoms. The van der Waals surface area contributed by atoms with Gasteiger partial charge in [0.25, 0.3) is 5.89 Å². The third-order valence-corrected chi connectivity index (χ3v) is 3.68. The van der Waals surface area contributed by atoms with Gasteiger partial charge in [0.2, 0.25) is 5.89 Å². The summed E-state index contributed by atoms with van der Waals surface area (Å²) in [6.07, 6.45) is 1.20. The van der Waals surface area contributed by atoms with Crippen molar-refractivity contribution in [3.05, 3.63) is 24.3 Å². The van der Waals surface area contributed by atoms with Crippen molar-refractivity contribution in [1.82, 2.24) is 10.2 Å². The van der Waals surface area contributed by atoms with Gasteiger partial charge in [-0.15, -0.1) is 22.0 Å². The first-order valence-electron chi connectivity index (χ1n) is 5.32. The Morgan fingerprint density at radius 2 is 2.24 bits per heavy atom. The number of aliphatic hydroxyl groups excluding tert-OH is 1. The van der Waals surface area contributed by atoms with Crippen molar-refractivity contribution in [1.29, 1.82) is 0 Å². The molecule has 92 valence electrons. The first-order valence-corrected chi connectivity index (χ1v) is 6.37. The predicted octanol–water partition coefficient (Wildman–Crippen LogP) is 2.33. The summed E-state index contributed by atoms with van der Waals surface area (Å²) in [4.78, 5) is 0. The summed E-state index contributed by atoms with van der Waals surface area (Å²) in [6, 6.07) is 3.53. The number of nitrogens with zero attached hydrogens (tertiary/aromatic N) is 2. The molecule has 6 heteroatoms. The minimum absolute atomic E-state index is 0.133. The van der Waals surface area contributed by atoms with Gasteiger partial charge in [-0.3, -0.25) is 0 Å². The normalized spacial score (nSPS) is 14.8. The molecule has 1 N–H and O–H groups in total. The average molecular weight is 254 g/mol. The molecule has 0 aromatic carbocycles. The fourth-order valence-electron chi connectivity index (χ4n) is 1.15. The van der Waals surface area contributed by atoms with Crippen LogP contribution >= 0.6 is 11.8 Å². The number of rotatable bonds is 5. The van der Waals surface area contributed by atoms with Gasteiger partial charge in [-0.25, -0.2) is 0 Å². The topological polar surface area (TPSA) is 72.3 Å². The highest BCUT2D eigenvalue weighted by Gasteiger charge is 2.14. The van der Waals surface area contributed by atoms with Crippen LogP contribution in [0.2, 0.25) is 0 Å². The smallest absolute Gasteiger partial charge is 0.283 e. The summed E-state index contributed by atoms with van der Waals surface area (Å²) < 4.78 is 10.6. The van der Waals surface area contributed by atoms with Gasteiger partial charge in [0.05, 0.1) is 18.1 Å². The summed E-state index contributed by atoms with van der Waals surface area (Å²) >= 11 is 1.57. The molecule has 0 aliphatic heterocycles. The summed E-state index contributed by atoms with van der Waals surface area (Å²) in [5, 5.41) is 17.3. The maximum atomic E-state index is 9.35. The lowest BCUT2D eigenvalue weighted by atomic mass is 10.3. The lowest BCUT2D eigenvalue weighted by Gasteiger charge is -2.11. The second kappa shape index (κ2) is 5.37. The van der Waals surface area contributed by atoms with Gasteiger partial charge >= 0.3 is 0 Å². The quantitative estimate of drug-likeness (QED) is 0.882. The van der Waals surface area contributed by atoms with Crippen molar-refractivity contribution >= 4 is 11.8 Å². The second-order valence-corrected chi connectivity index (χ2v) is 5.10. The Morgan fingerprint density at radius 3 is 2.88 bits per heavy atom. The average Bonchev–Trinajstić information content (AvgIpc) is 2.95. The Bertz CT molecular complexity index is 453. The van der Waals surface area contributed by atoms with E-state index >= 15 is 0 Å². The number of aliphatic hydroxyl groups is 1. The fraction of sp³-hybridized carbons (Fsp3) is 0.455. The highest BCUT2D eigenvalue weighted by atomic mass is 32.2. The minimum atomic E-state index is -0.354. The zero-order chi connectivity index (χ0) is 12.3. The maximum absolute atomic E-state index is 9.35. The molecular weight excluding hydrogens is 240 g/mol. The van der Waals surface area contributed by atoms with E-state index in [4.69, 9.17) is 8.83 Å². The van der Waals surface area contributed by atoms with Crippen LogP contribution in [0.5, 0.6) is 0 Å². The van der Waals surface area contributed by atoms with Gasteiger partial charge in [0.1, 0.15) is 0 Å². The minimum Gasteiger partial charge on any atom is -0.459 e. The van der Waals surface area contributed by atoms with Gasteiger partial charge in [0, 0.05) is 5.25 Å². The molecule has 2 heterocycles. The second-order valence-electron chi connectivity index (χ2n) is 3.73. The standard InChI is InChI=1S/C11H14N2O3S/c1-7(14)8(2)17-6-10-12-13-11(16-10)9-4-3-5-15-9/h3-5,7-8,14H,6H2,1-2H3. The Labute approximate surface area is 103 Å². The van der Waals surface area contributed by atoms with Crippen LogP contribution in [0.25, 0.3) is 11.7 Å². The van der Waals surface area contributed by atoms with Crippen molar-refractivity contribution in [3.8, 4) is 11.7 Å². The molecular formula is C11H14N2O3S. The summed E-state index contributed by atoms with van der Waals surface area (Å²) in [5.74, 6) is 2.07. The van der Waals surface area contributed by atoms with Crippen LogP contribution < -0.4 is 0 Å². The van der Waals surface area contributed by atoms with Gasteiger partial charge in [-0.1, -0.05) is 6.92 Å². The van der Waals surface area contributed by atoms with E-state index in [-0.39, 0.29) is 11.4 Å². The lowest BCUT2D eigenvalue weighted by Crippen LogP contribution is -2.15. The van der Waals surface area contributed by atoms with E-state index in [1.807, 2.05) is 6.92 Å². The van der Waals surface area contributed by atoms with E-state index in [1.165, 1.54) is 0 Å². The fourth-order valence-corrected chi connectivity index (χ4v) is 1.95. The summed E-state index contributed by atoms with van der Waals surface area (Å²) in [7, 11) is 0. The Balaban J connectivity index is 1.95. The number of aromatic nitrogens is 2. The number of hydrogen-bond acceptors (Lipinski definition) is 6. The monoisotopic (exact) mass is 254 g/mol. The molecule has 2 atom stereocenters. The molecule has 0 saturated heterocycles. The molecule has 0 amide bonds. The third-order valence-electron chi connectivity index (χ3n) is 2.35. The van der Waals surface area contributed by atoms with E-state index in [1.54, 1.807) is 37.1 Å². The summed E-state index contributed by atoms with van der Waals surface area (Å²) in [5.41, 5.74) is 0. The molecule has 0 spiro atoms. The Morgan fingerprint density at radius 1 is 1.41 bits per heavy atom. The predicted molar refractivity (Wildman–Crippen MR) is 64.4 cm³/mol. The molecule has 0 aliphatic rings. The molecule has 2 unspecified atom stereocenters. The van der Waals surface area contributed by atoms with Crippen molar-refractivity contribution in [2.75, 3.05) is 0 Å². The largest absolute Gasteiger partial charge is 0.459 e. The number of furan rings is 1. The van der Waals surface area contributed by atoms with Crippen LogP contribution in [-0.2, 0) is 5.75 Å². The highest BCUT2D eigenvalue weighted by molar-refractivity contribution is 7.99. The molecule has 2 aromatic heterocycles. The lowest BCUT2D eigenvalue weighted by molar-refractivity contribution is 0.196. The third kappa shape index (κ3) is 3.10. The number of hydrogen-bond donors (Lipinski definition) is 1. The molecule has 0 fully saturated rings. The van der Waals surface area contributed by atoms with Crippen LogP contribution in [0, 0.1) is 0 Å². The van der Waals surface area contributed by atoms with Crippen molar-refractivity contribution in [2.24, 2.45) is 0 Å². The van der Waals surface area contributed by atoms with Crippen molar-refractivity contribution in [3.63, 3.8) is 0 Å². The number of thioether (sulfide) groups is 1. The highest BCUT2D eigenvalue weighted by Crippen LogP contribution is 2.22. The molecule has 0 bridgehead atoms. The van der Waals surface area contributed by atoms with E-state index in [0.717, 1.165) is 0 Å². The van der Waals surface area contributed by atoms with E-state index in [0.29, 0.717) is 23.3 Å². The molecule has 0 radical (unpaired) electrons. The van der Waals surface area contributed by atoms with Gasteiger partial charge in [0.15, 0.2) is 5.76 Å². The molecule has 0 aliphatic carbocycles. The zero-order valence-corrected chi connectivity index (χ0v) is 10.5. The van der Waals surface area contributed by atoms with Crippen LogP contribution in [0.4, 0.5) is 0 Å². The molecule has 0 saturated carbocycles. The van der Waals surface area contributed by atoms with Gasteiger partial charge < -0.3 is 13.9 Å². The van der Waals surface area contributed by atoms with Crippen LogP contribution in [0.15, 0.2) is 27.2 Å². The molecule has 2 aromatic rings. The summed E-state index contributed by atoms with van der Waals surface area (Å²) in [6.45, 7) is 3.72. The van der Waals surface area contributed by atoms with Gasteiger partial charge in [-0.2, -0.15) is 0 Å². The van der Waals surface area contributed by atoms with Gasteiger partial charge in [-0.05, 0) is 19.1 Å². The van der Waals surface area contributed by atoms with E-state index in [9.17, 15) is 5.11 Å². The van der Waals surface area contributed by atoms with Crippen molar-refractivity contribution in [2.45, 2.75) is 31.0 Å². The van der Waals surface area contributed by atoms with Crippen LogP contribution in [-0.4, -0.2) is 26.7 Å². The molecule has 5 nitrogen and oxygen atoms in total. The SMILES string of the molecule is CC(O)C(C)SCc1nnc(-c2ccco2)o1. The van der Waals surface area contributed by atoms with E-state index in [2.05, 4.69) is 10.2 Å². The van der Waals surface area contributed by atoms with E-state index < -0.39 is 0 Å². The maximum Gasteiger partial charge on any atom is 0.283 e. The first kappa shape index (κ1) is 12.2. The molecule has 2 rings (SSSR count).